The van der Waals surface area contributed by atoms with E-state index < -0.39 is 9.84 Å². The summed E-state index contributed by atoms with van der Waals surface area (Å²) >= 11 is 0. The molecule has 1 saturated heterocycles. The highest BCUT2D eigenvalue weighted by atomic mass is 32.2. The lowest BCUT2D eigenvalue weighted by Crippen LogP contribution is -2.40. The first-order valence-electron chi connectivity index (χ1n) is 8.09. The second-order valence-corrected chi connectivity index (χ2v) is 8.51. The van der Waals surface area contributed by atoms with Crippen LogP contribution in [0.25, 0.3) is 6.08 Å². The number of nitrogens with zero attached hydrogens (tertiary/aromatic N) is 1. The SMILES string of the molecule is CCCN(C(=O)/C=C/c1ccc(C)cc1C)C1CCS(=O)(=O)C1. The van der Waals surface area contributed by atoms with Crippen LogP contribution >= 0.6 is 0 Å². The summed E-state index contributed by atoms with van der Waals surface area (Å²) in [5.74, 6) is 0.177. The number of hydrogen-bond donors (Lipinski definition) is 0. The van der Waals surface area contributed by atoms with Gasteiger partial charge in [0.15, 0.2) is 9.84 Å². The van der Waals surface area contributed by atoms with Gasteiger partial charge in [0.25, 0.3) is 0 Å². The Hall–Kier alpha value is -1.62. The Labute approximate surface area is 139 Å². The molecular weight excluding hydrogens is 310 g/mol. The highest BCUT2D eigenvalue weighted by molar-refractivity contribution is 7.91. The van der Waals surface area contributed by atoms with Crippen LogP contribution in [0.3, 0.4) is 0 Å². The van der Waals surface area contributed by atoms with Gasteiger partial charge in [-0.15, -0.1) is 0 Å². The van der Waals surface area contributed by atoms with Crippen molar-refractivity contribution < 1.29 is 13.2 Å². The minimum atomic E-state index is -2.99. The lowest BCUT2D eigenvalue weighted by Gasteiger charge is -2.26. The van der Waals surface area contributed by atoms with Crippen LogP contribution < -0.4 is 0 Å². The lowest BCUT2D eigenvalue weighted by atomic mass is 10.1. The summed E-state index contributed by atoms with van der Waals surface area (Å²) in [4.78, 5) is 14.2. The van der Waals surface area contributed by atoms with Crippen molar-refractivity contribution in [1.29, 1.82) is 0 Å². The van der Waals surface area contributed by atoms with Crippen LogP contribution in [-0.2, 0) is 14.6 Å². The molecule has 0 N–H and O–H groups in total. The van der Waals surface area contributed by atoms with Gasteiger partial charge in [0.1, 0.15) is 0 Å². The Morgan fingerprint density at radius 3 is 2.65 bits per heavy atom. The van der Waals surface area contributed by atoms with Gasteiger partial charge < -0.3 is 4.90 Å². The molecule has 0 aromatic heterocycles. The summed E-state index contributed by atoms with van der Waals surface area (Å²) in [7, 11) is -2.99. The molecule has 1 aliphatic heterocycles. The lowest BCUT2D eigenvalue weighted by molar-refractivity contribution is -0.127. The monoisotopic (exact) mass is 335 g/mol. The van der Waals surface area contributed by atoms with Crippen molar-refractivity contribution in [1.82, 2.24) is 4.90 Å². The molecule has 2 rings (SSSR count). The van der Waals surface area contributed by atoms with E-state index in [4.69, 9.17) is 0 Å². The highest BCUT2D eigenvalue weighted by Gasteiger charge is 2.33. The van der Waals surface area contributed by atoms with Crippen LogP contribution in [-0.4, -0.2) is 43.3 Å². The Bertz CT molecular complexity index is 707. The Morgan fingerprint density at radius 1 is 1.35 bits per heavy atom. The molecule has 1 aromatic rings. The van der Waals surface area contributed by atoms with Crippen molar-refractivity contribution in [3.63, 3.8) is 0 Å². The van der Waals surface area contributed by atoms with E-state index in [0.29, 0.717) is 13.0 Å². The number of amides is 1. The average molecular weight is 335 g/mol. The third kappa shape index (κ3) is 4.67. The largest absolute Gasteiger partial charge is 0.335 e. The Balaban J connectivity index is 2.13. The molecule has 4 nitrogen and oxygen atoms in total. The zero-order chi connectivity index (χ0) is 17.0. The normalized spacial score (nSPS) is 20.0. The molecule has 126 valence electrons. The molecule has 23 heavy (non-hydrogen) atoms. The van der Waals surface area contributed by atoms with Gasteiger partial charge in [0, 0.05) is 18.7 Å². The van der Waals surface area contributed by atoms with E-state index >= 15 is 0 Å². The third-order valence-electron chi connectivity index (χ3n) is 4.23. The Kier molecular flexibility index (Phi) is 5.63. The topological polar surface area (TPSA) is 54.5 Å². The summed E-state index contributed by atoms with van der Waals surface area (Å²) in [6, 6.07) is 5.91. The number of carbonyl (C=O) groups excluding carboxylic acids is 1. The molecule has 5 heteroatoms. The van der Waals surface area contributed by atoms with Gasteiger partial charge in [-0.25, -0.2) is 8.42 Å². The molecule has 0 radical (unpaired) electrons. The highest BCUT2D eigenvalue weighted by Crippen LogP contribution is 2.19. The molecule has 0 bridgehead atoms. The van der Waals surface area contributed by atoms with Crippen LogP contribution in [0.2, 0.25) is 0 Å². The second kappa shape index (κ2) is 7.30. The number of benzene rings is 1. The van der Waals surface area contributed by atoms with Crippen molar-refractivity contribution >= 4 is 21.8 Å². The first-order chi connectivity index (χ1) is 10.8. The van der Waals surface area contributed by atoms with E-state index in [0.717, 1.165) is 17.5 Å². The van der Waals surface area contributed by atoms with Crippen molar-refractivity contribution in [3.8, 4) is 0 Å². The van der Waals surface area contributed by atoms with Gasteiger partial charge >= 0.3 is 0 Å². The smallest absolute Gasteiger partial charge is 0.246 e. The van der Waals surface area contributed by atoms with Gasteiger partial charge in [0.2, 0.25) is 5.91 Å². The summed E-state index contributed by atoms with van der Waals surface area (Å²) in [5.41, 5.74) is 3.33. The van der Waals surface area contributed by atoms with E-state index in [1.165, 1.54) is 5.56 Å². The van der Waals surface area contributed by atoms with Crippen LogP contribution in [0.1, 0.15) is 36.5 Å². The van der Waals surface area contributed by atoms with E-state index in [9.17, 15) is 13.2 Å². The molecule has 1 heterocycles. The van der Waals surface area contributed by atoms with Crippen LogP contribution in [0, 0.1) is 13.8 Å². The molecule has 1 amide bonds. The van der Waals surface area contributed by atoms with Crippen molar-refractivity contribution in [2.24, 2.45) is 0 Å². The maximum absolute atomic E-state index is 12.5. The second-order valence-electron chi connectivity index (χ2n) is 6.28. The number of aryl methyl sites for hydroxylation is 2. The van der Waals surface area contributed by atoms with Gasteiger partial charge in [-0.3, -0.25) is 4.79 Å². The predicted octanol–water partition coefficient (Wildman–Crippen LogP) is 2.74. The van der Waals surface area contributed by atoms with Gasteiger partial charge in [-0.2, -0.15) is 0 Å². The van der Waals surface area contributed by atoms with Crippen LogP contribution in [0.4, 0.5) is 0 Å². The molecule has 1 atom stereocenters. The number of sulfone groups is 1. The first kappa shape index (κ1) is 17.7. The zero-order valence-corrected chi connectivity index (χ0v) is 14.9. The number of rotatable bonds is 5. The van der Waals surface area contributed by atoms with Crippen molar-refractivity contribution in [2.45, 2.75) is 39.7 Å². The predicted molar refractivity (Wildman–Crippen MR) is 94.0 cm³/mol. The molecule has 0 saturated carbocycles. The fourth-order valence-electron chi connectivity index (χ4n) is 3.00. The van der Waals surface area contributed by atoms with Gasteiger partial charge in [0.05, 0.1) is 11.5 Å². The third-order valence-corrected chi connectivity index (χ3v) is 5.98. The maximum Gasteiger partial charge on any atom is 0.246 e. The molecule has 1 fully saturated rings. The molecule has 1 unspecified atom stereocenters. The van der Waals surface area contributed by atoms with E-state index in [1.54, 1.807) is 11.0 Å². The van der Waals surface area contributed by atoms with Gasteiger partial charge in [-0.05, 0) is 43.9 Å². The van der Waals surface area contributed by atoms with Gasteiger partial charge in [-0.1, -0.05) is 30.7 Å². The summed E-state index contributed by atoms with van der Waals surface area (Å²) in [6.07, 6.45) is 4.76. The minimum Gasteiger partial charge on any atom is -0.335 e. The summed E-state index contributed by atoms with van der Waals surface area (Å²) < 4.78 is 23.3. The molecule has 1 aromatic carbocycles. The number of hydrogen-bond acceptors (Lipinski definition) is 3. The van der Waals surface area contributed by atoms with Crippen molar-refractivity contribution in [2.75, 3.05) is 18.1 Å². The number of carbonyl (C=O) groups is 1. The summed E-state index contributed by atoms with van der Waals surface area (Å²) in [6.45, 7) is 6.65. The molecule has 1 aliphatic rings. The first-order valence-corrected chi connectivity index (χ1v) is 9.91. The zero-order valence-electron chi connectivity index (χ0n) is 14.1. The van der Waals surface area contributed by atoms with Crippen molar-refractivity contribution in [3.05, 3.63) is 41.0 Å². The fraction of sp³-hybridized carbons (Fsp3) is 0.500. The molecule has 0 aliphatic carbocycles. The standard InChI is InChI=1S/C18H25NO3S/c1-4-10-19(17-9-11-23(21,22)13-17)18(20)8-7-16-6-5-14(2)12-15(16)3/h5-8,12,17H,4,9-11,13H2,1-3H3/b8-7+. The average Bonchev–Trinajstić information content (AvgIpc) is 2.83. The molecule has 0 spiro atoms. The van der Waals surface area contributed by atoms with Crippen LogP contribution in [0.15, 0.2) is 24.3 Å². The maximum atomic E-state index is 12.5. The van der Waals surface area contributed by atoms with Crippen LogP contribution in [0.5, 0.6) is 0 Å². The van der Waals surface area contributed by atoms with E-state index in [1.807, 2.05) is 39.0 Å². The fourth-order valence-corrected chi connectivity index (χ4v) is 4.73. The Morgan fingerprint density at radius 2 is 2.09 bits per heavy atom. The molecular formula is C18H25NO3S. The van der Waals surface area contributed by atoms with E-state index in [-0.39, 0.29) is 23.5 Å². The van der Waals surface area contributed by atoms with E-state index in [2.05, 4.69) is 6.07 Å². The summed E-state index contributed by atoms with van der Waals surface area (Å²) in [5, 5.41) is 0. The minimum absolute atomic E-state index is 0.0934. The quantitative estimate of drug-likeness (QED) is 0.778.